The predicted molar refractivity (Wildman–Crippen MR) is 168 cm³/mol. The quantitative estimate of drug-likeness (QED) is 0.175. The molecule has 222 valence electrons. The minimum atomic E-state index is -3.92. The number of pyridine rings is 1. The summed E-state index contributed by atoms with van der Waals surface area (Å²) in [6.07, 6.45) is 4.40. The predicted octanol–water partition coefficient (Wildman–Crippen LogP) is 6.74. The van der Waals surface area contributed by atoms with Gasteiger partial charge in [0.25, 0.3) is 0 Å². The van der Waals surface area contributed by atoms with E-state index in [1.54, 1.807) is 72.8 Å². The smallest absolute Gasteiger partial charge is 0.338 e. The largest absolute Gasteiger partial charge is 0.481 e. The molecular weight excluding hydrogens is 586 g/mol. The second-order valence-electron chi connectivity index (χ2n) is 10.8. The second kappa shape index (κ2) is 12.7. The minimum Gasteiger partial charge on any atom is -0.481 e. The fourth-order valence-electron chi connectivity index (χ4n) is 5.95. The van der Waals surface area contributed by atoms with Crippen LogP contribution in [-0.4, -0.2) is 43.3 Å². The Labute approximate surface area is 256 Å². The molecule has 1 fully saturated rings. The summed E-state index contributed by atoms with van der Waals surface area (Å²) in [4.78, 5) is 28.6. The number of methoxy groups -OCH3 is 1. The lowest BCUT2D eigenvalue weighted by Gasteiger charge is -2.32. The number of hydrogen-bond acceptors (Lipinski definition) is 6. The van der Waals surface area contributed by atoms with E-state index in [1.807, 2.05) is 24.3 Å². The molecule has 3 atom stereocenters. The lowest BCUT2D eigenvalue weighted by atomic mass is 9.90. The normalized spacial score (nSPS) is 17.9. The highest BCUT2D eigenvalue weighted by molar-refractivity contribution is 7.92. The third-order valence-electron chi connectivity index (χ3n) is 8.11. The van der Waals surface area contributed by atoms with Gasteiger partial charge in [0, 0.05) is 16.8 Å². The SMILES string of the molecule is COC(=O)c1ccccc1CCCS(=O)(=O)C(C=Cc1ccc2ccc(Cl)cc2n1)(c1ccccc1)[C@@H]1C[C@@H]1CC(=O)O. The molecular formula is C34H32ClNO6S. The van der Waals surface area contributed by atoms with E-state index in [4.69, 9.17) is 21.3 Å². The molecule has 0 radical (unpaired) electrons. The maximum atomic E-state index is 14.6. The van der Waals surface area contributed by atoms with E-state index in [2.05, 4.69) is 0 Å². The van der Waals surface area contributed by atoms with Gasteiger partial charge in [-0.25, -0.2) is 18.2 Å². The van der Waals surface area contributed by atoms with Crippen molar-refractivity contribution >= 4 is 50.4 Å². The van der Waals surface area contributed by atoms with Gasteiger partial charge in [-0.3, -0.25) is 4.79 Å². The summed E-state index contributed by atoms with van der Waals surface area (Å²) in [5, 5.41) is 11.0. The Hall–Kier alpha value is -4.01. The zero-order valence-corrected chi connectivity index (χ0v) is 25.2. The van der Waals surface area contributed by atoms with Gasteiger partial charge in [-0.15, -0.1) is 0 Å². The molecule has 7 nitrogen and oxygen atoms in total. The molecule has 1 aromatic heterocycles. The Morgan fingerprint density at radius 1 is 1.05 bits per heavy atom. The van der Waals surface area contributed by atoms with Crippen LogP contribution in [-0.2, 0) is 30.5 Å². The number of carbonyl (C=O) groups excluding carboxylic acids is 1. The van der Waals surface area contributed by atoms with Crippen LogP contribution in [0.3, 0.4) is 0 Å². The number of aromatic nitrogens is 1. The number of fused-ring (bicyclic) bond motifs is 1. The highest BCUT2D eigenvalue weighted by Gasteiger charge is 2.59. The number of hydrogen-bond donors (Lipinski definition) is 1. The first-order valence-corrected chi connectivity index (χ1v) is 16.1. The molecule has 3 aromatic carbocycles. The number of nitrogens with zero attached hydrogens (tertiary/aromatic N) is 1. The number of rotatable bonds is 12. The van der Waals surface area contributed by atoms with Gasteiger partial charge >= 0.3 is 11.9 Å². The lowest BCUT2D eigenvalue weighted by molar-refractivity contribution is -0.137. The van der Waals surface area contributed by atoms with E-state index in [-0.39, 0.29) is 24.5 Å². The first-order valence-electron chi connectivity index (χ1n) is 14.1. The number of aryl methyl sites for hydroxylation is 1. The average Bonchev–Trinajstić information content (AvgIpc) is 3.75. The Morgan fingerprint density at radius 2 is 1.77 bits per heavy atom. The second-order valence-corrected chi connectivity index (χ2v) is 13.6. The Bertz CT molecular complexity index is 1790. The number of halogens is 1. The Morgan fingerprint density at radius 3 is 2.51 bits per heavy atom. The molecule has 9 heteroatoms. The summed E-state index contributed by atoms with van der Waals surface area (Å²) in [5.41, 5.74) is 2.94. The third kappa shape index (κ3) is 6.50. The van der Waals surface area contributed by atoms with Crippen molar-refractivity contribution in [3.63, 3.8) is 0 Å². The van der Waals surface area contributed by atoms with E-state index in [0.29, 0.717) is 45.8 Å². The van der Waals surface area contributed by atoms with Crippen LogP contribution in [0, 0.1) is 11.8 Å². The first kappa shape index (κ1) is 30.4. The molecule has 1 heterocycles. The molecule has 4 aromatic rings. The minimum absolute atomic E-state index is 0.109. The van der Waals surface area contributed by atoms with Crippen LogP contribution >= 0.6 is 11.6 Å². The summed E-state index contributed by atoms with van der Waals surface area (Å²) < 4.78 is 32.6. The molecule has 1 aliphatic rings. The van der Waals surface area contributed by atoms with Gasteiger partial charge in [-0.2, -0.15) is 0 Å². The zero-order valence-electron chi connectivity index (χ0n) is 23.6. The van der Waals surface area contributed by atoms with Gasteiger partial charge in [0.15, 0.2) is 9.84 Å². The van der Waals surface area contributed by atoms with Crippen LogP contribution in [0.25, 0.3) is 17.0 Å². The van der Waals surface area contributed by atoms with Crippen molar-refractivity contribution < 1.29 is 27.9 Å². The van der Waals surface area contributed by atoms with Crippen LogP contribution in [0.4, 0.5) is 0 Å². The number of ether oxygens (including phenoxy) is 1. The van der Waals surface area contributed by atoms with E-state index in [0.717, 1.165) is 5.39 Å². The maximum Gasteiger partial charge on any atom is 0.338 e. The van der Waals surface area contributed by atoms with Crippen molar-refractivity contribution in [2.75, 3.05) is 12.9 Å². The van der Waals surface area contributed by atoms with Gasteiger partial charge < -0.3 is 9.84 Å². The molecule has 1 saturated carbocycles. The number of carboxylic acid groups (broad SMARTS) is 1. The van der Waals surface area contributed by atoms with Crippen LogP contribution in [0.15, 0.2) is 91.0 Å². The highest BCUT2D eigenvalue weighted by atomic mass is 35.5. The molecule has 0 bridgehead atoms. The van der Waals surface area contributed by atoms with Gasteiger partial charge in [0.1, 0.15) is 4.75 Å². The van der Waals surface area contributed by atoms with Gasteiger partial charge in [-0.1, -0.05) is 78.3 Å². The maximum absolute atomic E-state index is 14.6. The van der Waals surface area contributed by atoms with Crippen molar-refractivity contribution in [3.05, 3.63) is 118 Å². The molecule has 1 unspecified atom stereocenters. The summed E-state index contributed by atoms with van der Waals surface area (Å²) in [6, 6.07) is 25.1. The van der Waals surface area contributed by atoms with Crippen molar-refractivity contribution in [2.24, 2.45) is 11.8 Å². The van der Waals surface area contributed by atoms with Crippen molar-refractivity contribution in [2.45, 2.75) is 30.4 Å². The topological polar surface area (TPSA) is 111 Å². The van der Waals surface area contributed by atoms with Crippen LogP contribution in [0.5, 0.6) is 0 Å². The monoisotopic (exact) mass is 617 g/mol. The molecule has 5 rings (SSSR count). The molecule has 0 amide bonds. The number of carbonyl (C=O) groups is 2. The summed E-state index contributed by atoms with van der Waals surface area (Å²) in [5.74, 6) is -2.31. The fourth-order valence-corrected chi connectivity index (χ4v) is 8.50. The van der Waals surface area contributed by atoms with Crippen LogP contribution < -0.4 is 0 Å². The number of carboxylic acids is 1. The first-order chi connectivity index (χ1) is 20.6. The third-order valence-corrected chi connectivity index (χ3v) is 10.9. The van der Waals surface area contributed by atoms with Gasteiger partial charge in [-0.05, 0) is 72.6 Å². The summed E-state index contributed by atoms with van der Waals surface area (Å²) in [7, 11) is -2.60. The van der Waals surface area contributed by atoms with Crippen molar-refractivity contribution in [1.82, 2.24) is 4.98 Å². The Kier molecular flexibility index (Phi) is 8.99. The van der Waals surface area contributed by atoms with E-state index in [9.17, 15) is 23.1 Å². The molecule has 0 saturated heterocycles. The number of esters is 1. The van der Waals surface area contributed by atoms with Gasteiger partial charge in [0.2, 0.25) is 0 Å². The molecule has 0 spiro atoms. The van der Waals surface area contributed by atoms with Crippen molar-refractivity contribution in [1.29, 1.82) is 0 Å². The van der Waals surface area contributed by atoms with Gasteiger partial charge in [0.05, 0.1) is 29.6 Å². The van der Waals surface area contributed by atoms with Crippen LogP contribution in [0.1, 0.15) is 46.4 Å². The van der Waals surface area contributed by atoms with E-state index < -0.39 is 32.4 Å². The van der Waals surface area contributed by atoms with Crippen LogP contribution in [0.2, 0.25) is 5.02 Å². The fraction of sp³-hybridized carbons (Fsp3) is 0.265. The Balaban J connectivity index is 1.54. The number of benzene rings is 3. The number of aliphatic carboxylic acids is 1. The summed E-state index contributed by atoms with van der Waals surface area (Å²) >= 11 is 6.19. The molecule has 1 aliphatic carbocycles. The van der Waals surface area contributed by atoms with Crippen molar-refractivity contribution in [3.8, 4) is 0 Å². The highest BCUT2D eigenvalue weighted by Crippen LogP contribution is 2.57. The average molecular weight is 618 g/mol. The number of sulfone groups is 1. The standard InChI is InChI=1S/C34H32ClNO6S/c1-42-33(39)29-12-6-5-8-23(29)9-7-19-43(40,41)34(26-10-3-2-4-11-26,30-20-25(30)21-32(37)38)18-17-28-16-14-24-13-15-27(35)22-31(24)36-28/h2-6,8,10-18,22,25,30H,7,9,19-21H2,1H3,(H,37,38)/t25-,30-,34?/m1/s1. The van der Waals surface area contributed by atoms with E-state index in [1.165, 1.54) is 7.11 Å². The molecule has 43 heavy (non-hydrogen) atoms. The molecule has 0 aliphatic heterocycles. The lowest BCUT2D eigenvalue weighted by Crippen LogP contribution is -2.39. The summed E-state index contributed by atoms with van der Waals surface area (Å²) in [6.45, 7) is 0. The zero-order chi connectivity index (χ0) is 30.6. The van der Waals surface area contributed by atoms with E-state index >= 15 is 0 Å². The molecule has 1 N–H and O–H groups in total.